The Kier molecular flexibility index (Phi) is 3.15. The summed E-state index contributed by atoms with van der Waals surface area (Å²) in [6.07, 6.45) is 7.16. The molecule has 0 amide bonds. The number of hydrogen-bond donors (Lipinski definition) is 0. The molecule has 0 fully saturated rings. The third-order valence-corrected chi connectivity index (χ3v) is 5.16. The van der Waals surface area contributed by atoms with Crippen LogP contribution in [-0.2, 0) is 6.42 Å². The summed E-state index contributed by atoms with van der Waals surface area (Å²) < 4.78 is 0. The van der Waals surface area contributed by atoms with Crippen molar-refractivity contribution in [3.63, 3.8) is 0 Å². The number of hydrogen-bond acceptors (Lipinski definition) is 0. The summed E-state index contributed by atoms with van der Waals surface area (Å²) in [5.74, 6) is 0. The molecule has 84 valence electrons. The van der Waals surface area contributed by atoms with E-state index >= 15 is 0 Å². The molecule has 1 aliphatic rings. The van der Waals surface area contributed by atoms with Gasteiger partial charge in [-0.1, -0.05) is 72.9 Å². The molecule has 0 bridgehead atoms. The maximum Gasteiger partial charge on any atom is 0.0771 e. The molecule has 0 heterocycles. The van der Waals surface area contributed by atoms with E-state index < -0.39 is 8.07 Å². The predicted octanol–water partition coefficient (Wildman–Crippen LogP) is 4.36. The Morgan fingerprint density at radius 2 is 1.75 bits per heavy atom. The van der Waals surface area contributed by atoms with Crippen LogP contribution in [0.5, 0.6) is 0 Å². The molecule has 0 saturated carbocycles. The Balaban J connectivity index is 2.06. The van der Waals surface area contributed by atoms with E-state index in [1.807, 2.05) is 0 Å². The van der Waals surface area contributed by atoms with Gasteiger partial charge < -0.3 is 0 Å². The van der Waals surface area contributed by atoms with Gasteiger partial charge in [0.05, 0.1) is 8.07 Å². The highest BCUT2D eigenvalue weighted by molar-refractivity contribution is 6.83. The molecule has 16 heavy (non-hydrogen) atoms. The highest BCUT2D eigenvalue weighted by Crippen LogP contribution is 2.27. The molecular formula is C15H20Si. The molecule has 0 unspecified atom stereocenters. The average molecular weight is 228 g/mol. The van der Waals surface area contributed by atoms with Gasteiger partial charge in [0.15, 0.2) is 0 Å². The Bertz CT molecular complexity index is 418. The first kappa shape index (κ1) is 11.4. The van der Waals surface area contributed by atoms with Crippen molar-refractivity contribution in [2.75, 3.05) is 0 Å². The zero-order valence-corrected chi connectivity index (χ0v) is 11.5. The summed E-state index contributed by atoms with van der Waals surface area (Å²) in [4.78, 5) is 0. The Morgan fingerprint density at radius 3 is 2.31 bits per heavy atom. The van der Waals surface area contributed by atoms with E-state index in [0.29, 0.717) is 0 Å². The first-order chi connectivity index (χ1) is 7.55. The lowest BCUT2D eigenvalue weighted by molar-refractivity contribution is 1.09. The standard InChI is InChI=1S/C15H20Si/c1-16(2,3)15-10-9-14(12-15)11-13-7-5-4-6-8-13/h4-8,10,12H,9,11H2,1-3H3. The van der Waals surface area contributed by atoms with E-state index in [0.717, 1.165) is 12.8 Å². The van der Waals surface area contributed by atoms with Crippen LogP contribution in [0, 0.1) is 0 Å². The van der Waals surface area contributed by atoms with Crippen LogP contribution in [0.15, 0.2) is 53.3 Å². The number of rotatable bonds is 3. The molecule has 0 N–H and O–H groups in total. The van der Waals surface area contributed by atoms with Crippen molar-refractivity contribution >= 4 is 8.07 Å². The Hall–Kier alpha value is -1.08. The van der Waals surface area contributed by atoms with Crippen molar-refractivity contribution < 1.29 is 0 Å². The first-order valence-corrected chi connectivity index (χ1v) is 9.50. The zero-order valence-electron chi connectivity index (χ0n) is 10.5. The van der Waals surface area contributed by atoms with Crippen LogP contribution in [0.4, 0.5) is 0 Å². The third kappa shape index (κ3) is 2.73. The van der Waals surface area contributed by atoms with Gasteiger partial charge in [0.25, 0.3) is 0 Å². The second-order valence-electron chi connectivity index (χ2n) is 5.58. The average Bonchev–Trinajstić information content (AvgIpc) is 2.67. The minimum Gasteiger partial charge on any atom is -0.0812 e. The van der Waals surface area contributed by atoms with E-state index in [4.69, 9.17) is 0 Å². The van der Waals surface area contributed by atoms with Crippen LogP contribution in [0.25, 0.3) is 0 Å². The van der Waals surface area contributed by atoms with Crippen molar-refractivity contribution in [3.8, 4) is 0 Å². The van der Waals surface area contributed by atoms with Crippen LogP contribution in [0.1, 0.15) is 12.0 Å². The van der Waals surface area contributed by atoms with Gasteiger partial charge in [-0.3, -0.25) is 0 Å². The second kappa shape index (κ2) is 4.42. The topological polar surface area (TPSA) is 0 Å². The van der Waals surface area contributed by atoms with Crippen molar-refractivity contribution in [2.24, 2.45) is 0 Å². The van der Waals surface area contributed by atoms with Crippen molar-refractivity contribution in [1.82, 2.24) is 0 Å². The van der Waals surface area contributed by atoms with Gasteiger partial charge in [-0.05, 0) is 18.4 Å². The maximum atomic E-state index is 2.44. The quantitative estimate of drug-likeness (QED) is 0.674. The summed E-state index contributed by atoms with van der Waals surface area (Å²) in [5, 5.41) is 1.62. The monoisotopic (exact) mass is 228 g/mol. The van der Waals surface area contributed by atoms with Gasteiger partial charge in [0.1, 0.15) is 0 Å². The smallest absolute Gasteiger partial charge is 0.0771 e. The highest BCUT2D eigenvalue weighted by Gasteiger charge is 2.20. The van der Waals surface area contributed by atoms with E-state index in [-0.39, 0.29) is 0 Å². The normalized spacial score (nSPS) is 15.9. The summed E-state index contributed by atoms with van der Waals surface area (Å²) in [5.41, 5.74) is 3.00. The largest absolute Gasteiger partial charge is 0.0812 e. The fourth-order valence-electron chi connectivity index (χ4n) is 2.08. The molecule has 0 aromatic heterocycles. The minimum absolute atomic E-state index is 1.10. The van der Waals surface area contributed by atoms with Gasteiger partial charge in [-0.25, -0.2) is 0 Å². The van der Waals surface area contributed by atoms with E-state index in [1.165, 1.54) is 5.56 Å². The van der Waals surface area contributed by atoms with Gasteiger partial charge >= 0.3 is 0 Å². The van der Waals surface area contributed by atoms with Gasteiger partial charge in [0, 0.05) is 0 Å². The molecule has 1 aliphatic carbocycles. The second-order valence-corrected chi connectivity index (χ2v) is 10.7. The zero-order chi connectivity index (χ0) is 11.6. The van der Waals surface area contributed by atoms with Crippen LogP contribution in [-0.4, -0.2) is 8.07 Å². The lowest BCUT2D eigenvalue weighted by Crippen LogP contribution is -2.21. The van der Waals surface area contributed by atoms with Crippen molar-refractivity contribution in [2.45, 2.75) is 32.5 Å². The Morgan fingerprint density at radius 1 is 1.06 bits per heavy atom. The molecule has 2 rings (SSSR count). The molecule has 1 aromatic rings. The molecule has 0 radical (unpaired) electrons. The maximum absolute atomic E-state index is 2.44. The van der Waals surface area contributed by atoms with Gasteiger partial charge in [-0.2, -0.15) is 0 Å². The minimum atomic E-state index is -1.10. The third-order valence-electron chi connectivity index (χ3n) is 3.08. The summed E-state index contributed by atoms with van der Waals surface area (Å²) in [7, 11) is -1.10. The lowest BCUT2D eigenvalue weighted by Gasteiger charge is -2.15. The molecule has 0 nitrogen and oxygen atoms in total. The SMILES string of the molecule is C[Si](C)(C)C1=CCC(Cc2ccccc2)=C1. The summed E-state index contributed by atoms with van der Waals surface area (Å²) >= 11 is 0. The lowest BCUT2D eigenvalue weighted by atomic mass is 10.1. The molecule has 0 spiro atoms. The van der Waals surface area contributed by atoms with Crippen molar-refractivity contribution in [3.05, 3.63) is 58.8 Å². The number of allylic oxidation sites excluding steroid dienone is 4. The van der Waals surface area contributed by atoms with E-state index in [2.05, 4.69) is 62.1 Å². The van der Waals surface area contributed by atoms with E-state index in [9.17, 15) is 0 Å². The van der Waals surface area contributed by atoms with Crippen LogP contribution in [0.3, 0.4) is 0 Å². The summed E-state index contributed by atoms with van der Waals surface area (Å²) in [6, 6.07) is 10.8. The van der Waals surface area contributed by atoms with Crippen LogP contribution in [0.2, 0.25) is 19.6 Å². The van der Waals surface area contributed by atoms with Crippen LogP contribution < -0.4 is 0 Å². The van der Waals surface area contributed by atoms with Crippen molar-refractivity contribution in [1.29, 1.82) is 0 Å². The Labute approximate surface area is 99.7 Å². The first-order valence-electron chi connectivity index (χ1n) is 6.00. The molecule has 0 saturated heterocycles. The molecule has 0 aliphatic heterocycles. The van der Waals surface area contributed by atoms with Gasteiger partial charge in [-0.15, -0.1) is 0 Å². The van der Waals surface area contributed by atoms with Gasteiger partial charge in [0.2, 0.25) is 0 Å². The fourth-order valence-corrected chi connectivity index (χ4v) is 3.43. The fraction of sp³-hybridized carbons (Fsp3) is 0.333. The van der Waals surface area contributed by atoms with E-state index in [1.54, 1.807) is 10.8 Å². The molecular weight excluding hydrogens is 208 g/mol. The summed E-state index contributed by atoms with van der Waals surface area (Å²) in [6.45, 7) is 7.25. The predicted molar refractivity (Wildman–Crippen MR) is 74.3 cm³/mol. The number of benzene rings is 1. The molecule has 0 atom stereocenters. The molecule has 1 aromatic carbocycles. The molecule has 1 heteroatoms. The van der Waals surface area contributed by atoms with Crippen LogP contribution >= 0.6 is 0 Å². The highest BCUT2D eigenvalue weighted by atomic mass is 28.3.